The van der Waals surface area contributed by atoms with Crippen LogP contribution < -0.4 is 4.57 Å². The maximum Gasteiger partial charge on any atom is 0.245 e. The van der Waals surface area contributed by atoms with Gasteiger partial charge in [0, 0.05) is 17.1 Å². The molecule has 0 atom stereocenters. The summed E-state index contributed by atoms with van der Waals surface area (Å²) in [6, 6.07) is 8.14. The molecule has 0 amide bonds. The third kappa shape index (κ3) is 1.87. The molecule has 3 aromatic rings. The van der Waals surface area contributed by atoms with Crippen molar-refractivity contribution in [3.8, 4) is 5.13 Å². The summed E-state index contributed by atoms with van der Waals surface area (Å²) >= 11 is 1.66. The Kier molecular flexibility index (Phi) is 2.49. The summed E-state index contributed by atoms with van der Waals surface area (Å²) in [7, 11) is 0. The van der Waals surface area contributed by atoms with E-state index in [0.29, 0.717) is 0 Å². The largest absolute Gasteiger partial charge is 0.316 e. The summed E-state index contributed by atoms with van der Waals surface area (Å²) in [6.45, 7) is 4.47. The van der Waals surface area contributed by atoms with Crippen molar-refractivity contribution < 1.29 is 4.57 Å². The van der Waals surface area contributed by atoms with E-state index in [4.69, 9.17) is 0 Å². The Morgan fingerprint density at radius 3 is 3.18 bits per heavy atom. The first kappa shape index (κ1) is 10.2. The highest BCUT2D eigenvalue weighted by Crippen LogP contribution is 2.23. The lowest BCUT2D eigenvalue weighted by Crippen LogP contribution is -2.30. The van der Waals surface area contributed by atoms with Gasteiger partial charge in [-0.05, 0) is 12.1 Å². The number of hydrogen-bond acceptors (Lipinski definition) is 2. The molecule has 1 aromatic carbocycles. The SMILES string of the molecule is C=CC[n+]1[c-]n(-c2nc3ccccc3s2)cc1. The van der Waals surface area contributed by atoms with E-state index in [0.717, 1.165) is 17.2 Å². The van der Waals surface area contributed by atoms with Crippen molar-refractivity contribution >= 4 is 21.6 Å². The van der Waals surface area contributed by atoms with Gasteiger partial charge in [-0.1, -0.05) is 24.8 Å². The molecule has 0 aliphatic carbocycles. The quantitative estimate of drug-likeness (QED) is 0.392. The number of aromatic nitrogens is 3. The van der Waals surface area contributed by atoms with Gasteiger partial charge in [-0.15, -0.1) is 11.3 Å². The number of nitrogens with zero attached hydrogens (tertiary/aromatic N) is 3. The van der Waals surface area contributed by atoms with Gasteiger partial charge in [0.2, 0.25) is 11.5 Å². The summed E-state index contributed by atoms with van der Waals surface area (Å²) in [4.78, 5) is 4.57. The van der Waals surface area contributed by atoms with Crippen molar-refractivity contribution in [2.24, 2.45) is 0 Å². The van der Waals surface area contributed by atoms with E-state index in [2.05, 4.69) is 24.0 Å². The Labute approximate surface area is 103 Å². The van der Waals surface area contributed by atoms with Crippen LogP contribution in [0, 0.1) is 6.33 Å². The van der Waals surface area contributed by atoms with Crippen LogP contribution in [0.15, 0.2) is 49.3 Å². The predicted octanol–water partition coefficient (Wildman–Crippen LogP) is 2.36. The molecule has 0 saturated carbocycles. The summed E-state index contributed by atoms with van der Waals surface area (Å²) in [5.74, 6) is 0. The van der Waals surface area contributed by atoms with E-state index in [-0.39, 0.29) is 0 Å². The van der Waals surface area contributed by atoms with E-state index >= 15 is 0 Å². The van der Waals surface area contributed by atoms with Gasteiger partial charge in [0.25, 0.3) is 0 Å². The zero-order valence-corrected chi connectivity index (χ0v) is 10.0. The van der Waals surface area contributed by atoms with Gasteiger partial charge < -0.3 is 9.13 Å². The molecule has 3 nitrogen and oxygen atoms in total. The van der Waals surface area contributed by atoms with Crippen LogP contribution in [0.5, 0.6) is 0 Å². The molecule has 0 bridgehead atoms. The van der Waals surface area contributed by atoms with E-state index < -0.39 is 0 Å². The molecule has 4 heteroatoms. The molecule has 3 rings (SSSR count). The standard InChI is InChI=1S/C13H11N3S/c1-2-7-15-8-9-16(10-15)13-14-11-5-3-4-6-12(11)17-13/h2-6,8-9H,1,7H2. The monoisotopic (exact) mass is 241 g/mol. The Hall–Kier alpha value is -1.94. The molecule has 17 heavy (non-hydrogen) atoms. The van der Waals surface area contributed by atoms with Gasteiger partial charge in [0.15, 0.2) is 0 Å². The van der Waals surface area contributed by atoms with Gasteiger partial charge in [-0.25, -0.2) is 4.98 Å². The molecule has 0 aliphatic rings. The third-order valence-electron chi connectivity index (χ3n) is 2.45. The second-order valence-corrected chi connectivity index (χ2v) is 4.68. The van der Waals surface area contributed by atoms with Crippen LogP contribution in [0.3, 0.4) is 0 Å². The van der Waals surface area contributed by atoms with E-state index in [1.807, 2.05) is 45.8 Å². The Balaban J connectivity index is 2.04. The molecule has 0 radical (unpaired) electrons. The maximum absolute atomic E-state index is 4.57. The predicted molar refractivity (Wildman–Crippen MR) is 68.2 cm³/mol. The number of benzene rings is 1. The minimum Gasteiger partial charge on any atom is -0.316 e. The summed E-state index contributed by atoms with van der Waals surface area (Å²) in [5.41, 5.74) is 1.03. The molecule has 0 fully saturated rings. The zero-order chi connectivity index (χ0) is 11.7. The Morgan fingerprint density at radius 1 is 1.47 bits per heavy atom. The Morgan fingerprint density at radius 2 is 2.35 bits per heavy atom. The van der Waals surface area contributed by atoms with Gasteiger partial charge in [-0.3, -0.25) is 0 Å². The molecular formula is C13H11N3S. The number of hydrogen-bond donors (Lipinski definition) is 0. The molecule has 0 aliphatic heterocycles. The van der Waals surface area contributed by atoms with Crippen molar-refractivity contribution in [2.75, 3.05) is 0 Å². The highest BCUT2D eigenvalue weighted by Gasteiger charge is 2.04. The van der Waals surface area contributed by atoms with E-state index in [9.17, 15) is 0 Å². The number of allylic oxidation sites excluding steroid dienone is 1. The Bertz CT molecular complexity index is 633. The first-order chi connectivity index (χ1) is 8.36. The van der Waals surface area contributed by atoms with Gasteiger partial charge in [-0.2, -0.15) is 0 Å². The fourth-order valence-electron chi connectivity index (χ4n) is 1.66. The number of thiazole rings is 1. The van der Waals surface area contributed by atoms with Crippen LogP contribution >= 0.6 is 11.3 Å². The highest BCUT2D eigenvalue weighted by atomic mass is 32.1. The lowest BCUT2D eigenvalue weighted by Gasteiger charge is -1.93. The van der Waals surface area contributed by atoms with Crippen molar-refractivity contribution in [2.45, 2.75) is 6.54 Å². The van der Waals surface area contributed by atoms with E-state index in [1.165, 1.54) is 4.70 Å². The van der Waals surface area contributed by atoms with Crippen molar-refractivity contribution in [3.05, 3.63) is 55.6 Å². The number of rotatable bonds is 3. The summed E-state index contributed by atoms with van der Waals surface area (Å²) in [6.07, 6.45) is 8.97. The number of imidazole rings is 1. The third-order valence-corrected chi connectivity index (χ3v) is 3.48. The van der Waals surface area contributed by atoms with Crippen molar-refractivity contribution in [3.63, 3.8) is 0 Å². The topological polar surface area (TPSA) is 21.7 Å². The average Bonchev–Trinajstić information content (AvgIpc) is 2.94. The molecule has 0 N–H and O–H groups in total. The molecule has 84 valence electrons. The number of fused-ring (bicyclic) bond motifs is 1. The molecule has 0 saturated heterocycles. The molecular weight excluding hydrogens is 230 g/mol. The van der Waals surface area contributed by atoms with Crippen LogP contribution in [0.1, 0.15) is 0 Å². The summed E-state index contributed by atoms with van der Waals surface area (Å²) < 4.78 is 5.05. The molecule has 0 unspecified atom stereocenters. The first-order valence-corrected chi connectivity index (χ1v) is 6.15. The maximum atomic E-state index is 4.57. The fraction of sp³-hybridized carbons (Fsp3) is 0.0769. The normalized spacial score (nSPS) is 10.8. The lowest BCUT2D eigenvalue weighted by molar-refractivity contribution is -0.690. The van der Waals surface area contributed by atoms with Crippen LogP contribution in [-0.2, 0) is 6.54 Å². The van der Waals surface area contributed by atoms with Crippen LogP contribution in [0.25, 0.3) is 15.3 Å². The second kappa shape index (κ2) is 4.14. The van der Waals surface area contributed by atoms with E-state index in [1.54, 1.807) is 11.3 Å². The van der Waals surface area contributed by atoms with Gasteiger partial charge >= 0.3 is 0 Å². The molecule has 2 aromatic heterocycles. The fourth-order valence-corrected chi connectivity index (χ4v) is 2.57. The van der Waals surface area contributed by atoms with Crippen LogP contribution in [-0.4, -0.2) is 9.55 Å². The lowest BCUT2D eigenvalue weighted by atomic mass is 10.3. The van der Waals surface area contributed by atoms with Crippen molar-refractivity contribution in [1.29, 1.82) is 0 Å². The van der Waals surface area contributed by atoms with Gasteiger partial charge in [0.1, 0.15) is 0 Å². The van der Waals surface area contributed by atoms with Crippen LogP contribution in [0.2, 0.25) is 0 Å². The minimum absolute atomic E-state index is 0.762. The average molecular weight is 241 g/mol. The molecule has 0 spiro atoms. The van der Waals surface area contributed by atoms with Gasteiger partial charge in [0.05, 0.1) is 12.1 Å². The minimum atomic E-state index is 0.762. The van der Waals surface area contributed by atoms with Crippen molar-refractivity contribution in [1.82, 2.24) is 9.55 Å². The highest BCUT2D eigenvalue weighted by molar-refractivity contribution is 7.20. The van der Waals surface area contributed by atoms with Crippen LogP contribution in [0.4, 0.5) is 0 Å². The first-order valence-electron chi connectivity index (χ1n) is 5.34. The summed E-state index contributed by atoms with van der Waals surface area (Å²) in [5, 5.41) is 0.939. The second-order valence-electron chi connectivity index (χ2n) is 3.67. The number of para-hydroxylation sites is 1. The smallest absolute Gasteiger partial charge is 0.245 e. The zero-order valence-electron chi connectivity index (χ0n) is 9.21. The molecule has 2 heterocycles.